The van der Waals surface area contributed by atoms with E-state index in [-0.39, 0.29) is 6.61 Å². The first-order valence-electron chi connectivity index (χ1n) is 7.17. The summed E-state index contributed by atoms with van der Waals surface area (Å²) in [6.45, 7) is 1.57. The molecule has 0 bridgehead atoms. The average molecular weight is 326 g/mol. The van der Waals surface area contributed by atoms with E-state index >= 15 is 0 Å². The predicted octanol–water partition coefficient (Wildman–Crippen LogP) is 2.12. The number of alkyl halides is 3. The van der Waals surface area contributed by atoms with E-state index in [0.717, 1.165) is 11.6 Å². The molecule has 1 aliphatic heterocycles. The maximum absolute atomic E-state index is 13.1. The van der Waals surface area contributed by atoms with E-state index in [1.807, 2.05) is 23.0 Å². The van der Waals surface area contributed by atoms with Crippen LogP contribution in [0.15, 0.2) is 24.5 Å². The second-order valence-electron chi connectivity index (χ2n) is 5.70. The van der Waals surface area contributed by atoms with Gasteiger partial charge in [-0.2, -0.15) is 18.3 Å². The number of fused-ring (bicyclic) bond motifs is 1. The van der Waals surface area contributed by atoms with E-state index in [2.05, 4.69) is 10.2 Å². The maximum Gasteiger partial charge on any atom is 0.416 e. The third-order valence-electron chi connectivity index (χ3n) is 3.82. The molecule has 0 saturated heterocycles. The lowest BCUT2D eigenvalue weighted by molar-refractivity contribution is -0.137. The Hall–Kier alpha value is -2.06. The van der Waals surface area contributed by atoms with Gasteiger partial charge >= 0.3 is 6.18 Å². The van der Waals surface area contributed by atoms with Crippen LogP contribution in [0.3, 0.4) is 0 Å². The molecule has 1 aromatic carbocycles. The molecule has 23 heavy (non-hydrogen) atoms. The van der Waals surface area contributed by atoms with E-state index in [4.69, 9.17) is 5.11 Å². The molecule has 8 heteroatoms. The summed E-state index contributed by atoms with van der Waals surface area (Å²) < 4.78 is 39.4. The van der Waals surface area contributed by atoms with Crippen LogP contribution in [0.2, 0.25) is 0 Å². The van der Waals surface area contributed by atoms with Gasteiger partial charge in [0.2, 0.25) is 0 Å². The first-order chi connectivity index (χ1) is 10.9. The van der Waals surface area contributed by atoms with E-state index in [9.17, 15) is 13.2 Å². The SMILES string of the molecule is CN1CC(c2cc(C(F)(F)F)cc3[nH]ncc23)=CN(CCO)C1. The van der Waals surface area contributed by atoms with Crippen molar-refractivity contribution in [2.24, 2.45) is 0 Å². The smallest absolute Gasteiger partial charge is 0.395 e. The molecule has 3 rings (SSSR count). The Bertz CT molecular complexity index is 738. The van der Waals surface area contributed by atoms with Crippen molar-refractivity contribution in [1.82, 2.24) is 20.0 Å². The Labute approximate surface area is 131 Å². The standard InChI is InChI=1S/C15H17F3N4O/c1-21-7-10(8-22(9-21)2-3-23)12-4-11(15(16,17)18)5-14-13(12)6-19-20-14/h4-6,8,23H,2-3,7,9H2,1H3,(H,19,20). The normalized spacial score (nSPS) is 16.9. The van der Waals surface area contributed by atoms with E-state index in [0.29, 0.717) is 36.2 Å². The van der Waals surface area contributed by atoms with Gasteiger partial charge in [-0.1, -0.05) is 0 Å². The number of aliphatic hydroxyl groups is 1. The third kappa shape index (κ3) is 3.18. The number of halogens is 3. The highest BCUT2D eigenvalue weighted by molar-refractivity contribution is 5.92. The molecule has 5 nitrogen and oxygen atoms in total. The zero-order valence-corrected chi connectivity index (χ0v) is 12.6. The minimum atomic E-state index is -4.42. The summed E-state index contributed by atoms with van der Waals surface area (Å²) in [4.78, 5) is 3.86. The molecule has 0 fully saturated rings. The molecule has 124 valence electrons. The minimum absolute atomic E-state index is 0.0126. The number of nitrogens with one attached hydrogen (secondary N) is 1. The first-order valence-corrected chi connectivity index (χ1v) is 7.17. The first kappa shape index (κ1) is 15.8. The summed E-state index contributed by atoms with van der Waals surface area (Å²) >= 11 is 0. The van der Waals surface area contributed by atoms with Gasteiger partial charge in [0.25, 0.3) is 0 Å². The fourth-order valence-electron chi connectivity index (χ4n) is 2.85. The van der Waals surface area contributed by atoms with Crippen molar-refractivity contribution in [2.45, 2.75) is 6.18 Å². The highest BCUT2D eigenvalue weighted by Gasteiger charge is 2.32. The highest BCUT2D eigenvalue weighted by atomic mass is 19.4. The summed E-state index contributed by atoms with van der Waals surface area (Å²) in [5.74, 6) is 0. The summed E-state index contributed by atoms with van der Waals surface area (Å²) in [6, 6.07) is 2.24. The molecule has 2 aromatic rings. The maximum atomic E-state index is 13.1. The monoisotopic (exact) mass is 326 g/mol. The Morgan fingerprint density at radius 3 is 2.83 bits per heavy atom. The number of β-amino-alcohol motifs (C(OH)–C–C–N with tert-alkyl or cyclic N) is 1. The Balaban J connectivity index is 2.12. The molecule has 0 aliphatic carbocycles. The minimum Gasteiger partial charge on any atom is -0.395 e. The van der Waals surface area contributed by atoms with Crippen LogP contribution in [0, 0.1) is 0 Å². The summed E-state index contributed by atoms with van der Waals surface area (Å²) in [5, 5.41) is 16.2. The van der Waals surface area contributed by atoms with Crippen LogP contribution in [0.5, 0.6) is 0 Å². The number of nitrogens with zero attached hydrogens (tertiary/aromatic N) is 3. The zero-order chi connectivity index (χ0) is 16.6. The molecular formula is C15H17F3N4O. The van der Waals surface area contributed by atoms with Crippen molar-refractivity contribution in [3.05, 3.63) is 35.7 Å². The molecule has 2 N–H and O–H groups in total. The average Bonchev–Trinajstić information content (AvgIpc) is 2.93. The van der Waals surface area contributed by atoms with E-state index < -0.39 is 11.7 Å². The lowest BCUT2D eigenvalue weighted by Gasteiger charge is -2.33. The zero-order valence-electron chi connectivity index (χ0n) is 12.6. The third-order valence-corrected chi connectivity index (χ3v) is 3.82. The van der Waals surface area contributed by atoms with Crippen LogP contribution in [0.1, 0.15) is 11.1 Å². The molecule has 0 spiro atoms. The summed E-state index contributed by atoms with van der Waals surface area (Å²) in [7, 11) is 1.89. The van der Waals surface area contributed by atoms with Crippen molar-refractivity contribution < 1.29 is 18.3 Å². The van der Waals surface area contributed by atoms with Crippen molar-refractivity contribution in [3.63, 3.8) is 0 Å². The highest BCUT2D eigenvalue weighted by Crippen LogP contribution is 2.35. The van der Waals surface area contributed by atoms with Gasteiger partial charge < -0.3 is 10.0 Å². The fraction of sp³-hybridized carbons (Fsp3) is 0.400. The van der Waals surface area contributed by atoms with Crippen LogP contribution in [-0.4, -0.2) is 58.5 Å². The fourth-order valence-corrected chi connectivity index (χ4v) is 2.85. The van der Waals surface area contributed by atoms with Crippen molar-refractivity contribution in [1.29, 1.82) is 0 Å². The van der Waals surface area contributed by atoms with E-state index in [1.165, 1.54) is 12.3 Å². The number of benzene rings is 1. The van der Waals surface area contributed by atoms with Gasteiger partial charge in [-0.05, 0) is 30.3 Å². The predicted molar refractivity (Wildman–Crippen MR) is 80.4 cm³/mol. The Morgan fingerprint density at radius 2 is 2.13 bits per heavy atom. The number of likely N-dealkylation sites (N-methyl/N-ethyl adjacent to an activating group) is 1. The molecule has 0 saturated carbocycles. The lowest BCUT2D eigenvalue weighted by Crippen LogP contribution is -2.39. The quantitative estimate of drug-likeness (QED) is 0.907. The second-order valence-corrected chi connectivity index (χ2v) is 5.70. The van der Waals surface area contributed by atoms with Crippen LogP contribution >= 0.6 is 0 Å². The second kappa shape index (κ2) is 5.86. The molecule has 1 aliphatic rings. The molecule has 0 unspecified atom stereocenters. The van der Waals surface area contributed by atoms with Gasteiger partial charge in [-0.25, -0.2) is 0 Å². The summed E-state index contributed by atoms with van der Waals surface area (Å²) in [5.41, 5.74) is 0.938. The van der Waals surface area contributed by atoms with Crippen molar-refractivity contribution in [2.75, 3.05) is 33.4 Å². The van der Waals surface area contributed by atoms with Crippen LogP contribution in [-0.2, 0) is 6.18 Å². The van der Waals surface area contributed by atoms with Gasteiger partial charge in [0.1, 0.15) is 0 Å². The van der Waals surface area contributed by atoms with Crippen molar-refractivity contribution >= 4 is 16.5 Å². The number of aliphatic hydroxyl groups excluding tert-OH is 1. The Kier molecular flexibility index (Phi) is 4.03. The van der Waals surface area contributed by atoms with Crippen LogP contribution < -0.4 is 0 Å². The number of hydrogen-bond acceptors (Lipinski definition) is 4. The topological polar surface area (TPSA) is 55.4 Å². The van der Waals surface area contributed by atoms with Crippen LogP contribution in [0.25, 0.3) is 16.5 Å². The Morgan fingerprint density at radius 1 is 1.35 bits per heavy atom. The molecule has 0 amide bonds. The summed E-state index contributed by atoms with van der Waals surface area (Å²) in [6.07, 6.45) is -1.06. The van der Waals surface area contributed by atoms with Gasteiger partial charge in [-0.3, -0.25) is 10.00 Å². The van der Waals surface area contributed by atoms with E-state index in [1.54, 1.807) is 0 Å². The van der Waals surface area contributed by atoms with Gasteiger partial charge in [0, 0.05) is 24.7 Å². The number of aromatic nitrogens is 2. The molecule has 0 atom stereocenters. The molecule has 1 aromatic heterocycles. The number of H-pyrrole nitrogens is 1. The number of rotatable bonds is 3. The van der Waals surface area contributed by atoms with Crippen molar-refractivity contribution in [3.8, 4) is 0 Å². The largest absolute Gasteiger partial charge is 0.416 e. The lowest BCUT2D eigenvalue weighted by atomic mass is 9.98. The van der Waals surface area contributed by atoms with Gasteiger partial charge in [-0.15, -0.1) is 0 Å². The number of aromatic amines is 1. The molecule has 0 radical (unpaired) electrons. The van der Waals surface area contributed by atoms with Gasteiger partial charge in [0.15, 0.2) is 0 Å². The molecule has 2 heterocycles. The molecular weight excluding hydrogens is 309 g/mol. The number of hydrogen-bond donors (Lipinski definition) is 2. The van der Waals surface area contributed by atoms with Gasteiger partial charge in [0.05, 0.1) is 30.6 Å². The van der Waals surface area contributed by atoms with Crippen LogP contribution in [0.4, 0.5) is 13.2 Å².